The van der Waals surface area contributed by atoms with Crippen molar-refractivity contribution in [3.05, 3.63) is 59.2 Å². The number of carbonyl (C=O) groups excluding carboxylic acids is 1. The molecule has 0 spiro atoms. The summed E-state index contributed by atoms with van der Waals surface area (Å²) in [7, 11) is -3.66. The molecule has 1 amide bonds. The summed E-state index contributed by atoms with van der Waals surface area (Å²) in [6.45, 7) is 9.50. The minimum Gasteiger partial charge on any atom is -0.377 e. The van der Waals surface area contributed by atoms with Crippen molar-refractivity contribution in [2.75, 3.05) is 37.7 Å². The smallest absolute Gasteiger partial charge is 0.253 e. The third-order valence-corrected chi connectivity index (χ3v) is 8.07. The van der Waals surface area contributed by atoms with Crippen molar-refractivity contribution in [2.45, 2.75) is 51.7 Å². The molecule has 0 bridgehead atoms. The second-order valence-corrected chi connectivity index (χ2v) is 9.99. The highest BCUT2D eigenvalue weighted by molar-refractivity contribution is 7.89. The van der Waals surface area contributed by atoms with Gasteiger partial charge >= 0.3 is 0 Å². The number of nitrogens with one attached hydrogen (secondary N) is 1. The largest absolute Gasteiger partial charge is 0.377 e. The molecule has 0 aliphatic carbocycles. The zero-order chi connectivity index (χ0) is 23.8. The molecular weight excluding hydrogens is 438 g/mol. The highest BCUT2D eigenvalue weighted by atomic mass is 32.2. The Morgan fingerprint density at radius 3 is 2.33 bits per heavy atom. The van der Waals surface area contributed by atoms with Crippen molar-refractivity contribution in [1.29, 1.82) is 0 Å². The quantitative estimate of drug-likeness (QED) is 0.537. The van der Waals surface area contributed by atoms with E-state index in [4.69, 9.17) is 4.74 Å². The molecule has 0 saturated carbocycles. The third kappa shape index (κ3) is 5.93. The maximum absolute atomic E-state index is 13.3. The molecule has 3 rings (SSSR count). The van der Waals surface area contributed by atoms with Crippen LogP contribution in [0.2, 0.25) is 0 Å². The standard InChI is InChI=1S/C25H35N3O4S/c1-4-28(5-2)33(30,31)22-13-14-24(27-15-9-10-16-27)23(17-22)25(29)26-18-20-11-7-8-12-21(20)19-32-6-3/h7-8,11-14,17H,4-6,9-10,15-16,18-19H2,1-3H3,(H,26,29). The Kier molecular flexibility index (Phi) is 8.88. The van der Waals surface area contributed by atoms with E-state index in [0.717, 1.165) is 42.7 Å². The van der Waals surface area contributed by atoms with Crippen molar-refractivity contribution >= 4 is 21.6 Å². The molecule has 0 aromatic heterocycles. The predicted molar refractivity (Wildman–Crippen MR) is 131 cm³/mol. The molecular formula is C25H35N3O4S. The maximum Gasteiger partial charge on any atom is 0.253 e. The van der Waals surface area contributed by atoms with Crippen LogP contribution in [-0.4, -0.2) is 51.4 Å². The molecule has 1 aliphatic heterocycles. The van der Waals surface area contributed by atoms with Crippen LogP contribution in [0.4, 0.5) is 5.69 Å². The number of hydrogen-bond acceptors (Lipinski definition) is 5. The average Bonchev–Trinajstić information content (AvgIpc) is 3.36. The van der Waals surface area contributed by atoms with Gasteiger partial charge in [-0.25, -0.2) is 8.42 Å². The third-order valence-electron chi connectivity index (χ3n) is 6.02. The summed E-state index contributed by atoms with van der Waals surface area (Å²) in [6.07, 6.45) is 2.12. The molecule has 2 aromatic carbocycles. The minimum absolute atomic E-state index is 0.149. The van der Waals surface area contributed by atoms with Crippen LogP contribution in [0.3, 0.4) is 0 Å². The fourth-order valence-corrected chi connectivity index (χ4v) is 5.64. The van der Waals surface area contributed by atoms with Crippen LogP contribution in [-0.2, 0) is 27.9 Å². The van der Waals surface area contributed by atoms with E-state index in [0.29, 0.717) is 38.4 Å². The fraction of sp³-hybridized carbons (Fsp3) is 0.480. The Bertz CT molecular complexity index is 1050. The van der Waals surface area contributed by atoms with Gasteiger partial charge in [0.15, 0.2) is 0 Å². The molecule has 7 nitrogen and oxygen atoms in total. The lowest BCUT2D eigenvalue weighted by Gasteiger charge is -2.23. The van der Waals surface area contributed by atoms with Crippen molar-refractivity contribution in [2.24, 2.45) is 0 Å². The summed E-state index contributed by atoms with van der Waals surface area (Å²) in [4.78, 5) is 15.6. The molecule has 0 radical (unpaired) electrons. The molecule has 180 valence electrons. The lowest BCUT2D eigenvalue weighted by molar-refractivity contribution is 0.0950. The summed E-state index contributed by atoms with van der Waals surface area (Å²) >= 11 is 0. The van der Waals surface area contributed by atoms with E-state index in [1.54, 1.807) is 12.1 Å². The first-order valence-electron chi connectivity index (χ1n) is 11.7. The van der Waals surface area contributed by atoms with Gasteiger partial charge in [-0.1, -0.05) is 38.1 Å². The van der Waals surface area contributed by atoms with Crippen LogP contribution in [0.1, 0.15) is 55.1 Å². The van der Waals surface area contributed by atoms with Gasteiger partial charge in [0.2, 0.25) is 10.0 Å². The molecule has 1 N–H and O–H groups in total. The molecule has 1 fully saturated rings. The number of ether oxygens (including phenoxy) is 1. The summed E-state index contributed by atoms with van der Waals surface area (Å²) in [5.41, 5.74) is 3.18. The van der Waals surface area contributed by atoms with Gasteiger partial charge in [0.25, 0.3) is 5.91 Å². The van der Waals surface area contributed by atoms with Crippen LogP contribution < -0.4 is 10.2 Å². The van der Waals surface area contributed by atoms with Gasteiger partial charge in [-0.15, -0.1) is 0 Å². The van der Waals surface area contributed by atoms with Crippen molar-refractivity contribution in [1.82, 2.24) is 9.62 Å². The van der Waals surface area contributed by atoms with E-state index in [1.165, 1.54) is 10.4 Å². The first-order chi connectivity index (χ1) is 15.9. The zero-order valence-corrected chi connectivity index (χ0v) is 20.7. The van der Waals surface area contributed by atoms with Gasteiger partial charge in [-0.2, -0.15) is 4.31 Å². The molecule has 1 aliphatic rings. The number of rotatable bonds is 11. The first kappa shape index (κ1) is 25.2. The lowest BCUT2D eigenvalue weighted by atomic mass is 10.1. The Morgan fingerprint density at radius 1 is 1.03 bits per heavy atom. The summed E-state index contributed by atoms with van der Waals surface area (Å²) < 4.78 is 33.1. The summed E-state index contributed by atoms with van der Waals surface area (Å²) in [6, 6.07) is 12.8. The number of nitrogens with zero attached hydrogens (tertiary/aromatic N) is 2. The Balaban J connectivity index is 1.90. The van der Waals surface area contributed by atoms with Gasteiger partial charge in [0, 0.05) is 45.0 Å². The van der Waals surface area contributed by atoms with E-state index in [2.05, 4.69) is 10.2 Å². The lowest BCUT2D eigenvalue weighted by Crippen LogP contribution is -2.32. The van der Waals surface area contributed by atoms with Crippen LogP contribution in [0.5, 0.6) is 0 Å². The second-order valence-electron chi connectivity index (χ2n) is 8.05. The average molecular weight is 474 g/mol. The number of carbonyl (C=O) groups is 1. The molecule has 0 atom stereocenters. The Labute approximate surface area is 197 Å². The maximum atomic E-state index is 13.3. The number of hydrogen-bond donors (Lipinski definition) is 1. The molecule has 1 heterocycles. The minimum atomic E-state index is -3.66. The number of amides is 1. The van der Waals surface area contributed by atoms with E-state index in [9.17, 15) is 13.2 Å². The monoisotopic (exact) mass is 473 g/mol. The van der Waals surface area contributed by atoms with Gasteiger partial charge in [-0.05, 0) is 49.1 Å². The van der Waals surface area contributed by atoms with E-state index < -0.39 is 10.0 Å². The normalized spacial score (nSPS) is 14.1. The van der Waals surface area contributed by atoms with Crippen molar-refractivity contribution in [3.8, 4) is 0 Å². The van der Waals surface area contributed by atoms with Crippen LogP contribution >= 0.6 is 0 Å². The Hall–Kier alpha value is -2.42. The Morgan fingerprint density at radius 2 is 1.70 bits per heavy atom. The van der Waals surface area contributed by atoms with Crippen LogP contribution in [0.15, 0.2) is 47.4 Å². The highest BCUT2D eigenvalue weighted by Crippen LogP contribution is 2.28. The SMILES string of the molecule is CCOCc1ccccc1CNC(=O)c1cc(S(=O)(=O)N(CC)CC)ccc1N1CCCC1. The summed E-state index contributed by atoms with van der Waals surface area (Å²) in [5, 5.41) is 3.00. The van der Waals surface area contributed by atoms with Crippen LogP contribution in [0.25, 0.3) is 0 Å². The molecule has 0 unspecified atom stereocenters. The van der Waals surface area contributed by atoms with Crippen LogP contribution in [0, 0.1) is 0 Å². The predicted octanol–water partition coefficient (Wildman–Crippen LogP) is 3.78. The van der Waals surface area contributed by atoms with E-state index in [1.807, 2.05) is 45.0 Å². The fourth-order valence-electron chi connectivity index (χ4n) is 4.16. The number of sulfonamides is 1. The highest BCUT2D eigenvalue weighted by Gasteiger charge is 2.26. The summed E-state index contributed by atoms with van der Waals surface area (Å²) in [5.74, 6) is -0.278. The van der Waals surface area contributed by atoms with Gasteiger partial charge < -0.3 is 15.0 Å². The van der Waals surface area contributed by atoms with Gasteiger partial charge in [0.05, 0.1) is 17.1 Å². The number of anilines is 1. The van der Waals surface area contributed by atoms with Crippen molar-refractivity contribution < 1.29 is 17.9 Å². The van der Waals surface area contributed by atoms with Gasteiger partial charge in [-0.3, -0.25) is 4.79 Å². The van der Waals surface area contributed by atoms with Crippen molar-refractivity contribution in [3.63, 3.8) is 0 Å². The van der Waals surface area contributed by atoms with E-state index in [-0.39, 0.29) is 10.8 Å². The topological polar surface area (TPSA) is 78.9 Å². The first-order valence-corrected chi connectivity index (χ1v) is 13.2. The number of benzene rings is 2. The molecule has 33 heavy (non-hydrogen) atoms. The molecule has 2 aromatic rings. The van der Waals surface area contributed by atoms with Gasteiger partial charge in [0.1, 0.15) is 0 Å². The van der Waals surface area contributed by atoms with E-state index >= 15 is 0 Å². The molecule has 8 heteroatoms. The molecule has 1 saturated heterocycles. The second kappa shape index (κ2) is 11.6. The zero-order valence-electron chi connectivity index (χ0n) is 19.8.